The molecule has 0 saturated heterocycles. The number of hydrazine groups is 1. The van der Waals surface area contributed by atoms with Crippen LogP contribution in [0.3, 0.4) is 0 Å². The van der Waals surface area contributed by atoms with Crippen molar-refractivity contribution in [3.05, 3.63) is 35.9 Å². The van der Waals surface area contributed by atoms with Gasteiger partial charge in [-0.05, 0) is 5.56 Å². The highest BCUT2D eigenvalue weighted by Crippen LogP contribution is 2.15. The average Bonchev–Trinajstić information content (AvgIpc) is 2.26. The number of hydrogen-bond donors (Lipinski definition) is 3. The molecule has 4 nitrogen and oxygen atoms in total. The summed E-state index contributed by atoms with van der Waals surface area (Å²) in [4.78, 5) is 0. The SMILES string of the molecule is COCC(NN)C(O)c1ccccc1. The number of nitrogens with two attached hydrogens (primary N) is 1. The van der Waals surface area contributed by atoms with Gasteiger partial charge in [0.15, 0.2) is 0 Å². The summed E-state index contributed by atoms with van der Waals surface area (Å²) in [6, 6.07) is 9.06. The molecule has 2 unspecified atom stereocenters. The smallest absolute Gasteiger partial charge is 0.0978 e. The van der Waals surface area contributed by atoms with Crippen molar-refractivity contribution in [3.8, 4) is 0 Å². The van der Waals surface area contributed by atoms with Crippen molar-refractivity contribution in [2.45, 2.75) is 12.1 Å². The zero-order valence-corrected chi connectivity index (χ0v) is 8.18. The molecule has 14 heavy (non-hydrogen) atoms. The second-order valence-corrected chi connectivity index (χ2v) is 3.08. The number of aliphatic hydroxyl groups is 1. The number of aliphatic hydroxyl groups excluding tert-OH is 1. The van der Waals surface area contributed by atoms with E-state index in [1.54, 1.807) is 7.11 Å². The molecule has 0 aliphatic heterocycles. The molecule has 0 fully saturated rings. The third kappa shape index (κ3) is 2.78. The second-order valence-electron chi connectivity index (χ2n) is 3.08. The molecular formula is C10H16N2O2. The average molecular weight is 196 g/mol. The Bertz CT molecular complexity index is 254. The van der Waals surface area contributed by atoms with E-state index in [1.165, 1.54) is 0 Å². The van der Waals surface area contributed by atoms with Crippen molar-refractivity contribution in [3.63, 3.8) is 0 Å². The van der Waals surface area contributed by atoms with Gasteiger partial charge in [0.2, 0.25) is 0 Å². The van der Waals surface area contributed by atoms with Crippen LogP contribution < -0.4 is 11.3 Å². The fourth-order valence-electron chi connectivity index (χ4n) is 1.29. The molecule has 0 aromatic heterocycles. The molecule has 1 aromatic carbocycles. The van der Waals surface area contributed by atoms with Crippen molar-refractivity contribution in [2.75, 3.05) is 13.7 Å². The number of ether oxygens (including phenoxy) is 1. The molecular weight excluding hydrogens is 180 g/mol. The molecule has 0 amide bonds. The first-order valence-corrected chi connectivity index (χ1v) is 4.47. The first-order chi connectivity index (χ1) is 6.79. The van der Waals surface area contributed by atoms with Crippen LogP contribution in [0.5, 0.6) is 0 Å². The number of benzene rings is 1. The standard InChI is InChI=1S/C10H16N2O2/c1-14-7-9(12-11)10(13)8-5-3-2-4-6-8/h2-6,9-10,12-13H,7,11H2,1H3. The lowest BCUT2D eigenvalue weighted by Crippen LogP contribution is -2.42. The van der Waals surface area contributed by atoms with E-state index >= 15 is 0 Å². The van der Waals surface area contributed by atoms with Gasteiger partial charge in [-0.2, -0.15) is 0 Å². The third-order valence-corrected chi connectivity index (χ3v) is 2.08. The molecule has 0 aliphatic carbocycles. The minimum absolute atomic E-state index is 0.289. The molecule has 4 heteroatoms. The summed E-state index contributed by atoms with van der Waals surface area (Å²) in [5, 5.41) is 9.89. The molecule has 1 rings (SSSR count). The van der Waals surface area contributed by atoms with Crippen LogP contribution in [0.15, 0.2) is 30.3 Å². The second kappa shape index (κ2) is 5.72. The molecule has 1 aromatic rings. The summed E-state index contributed by atoms with van der Waals surface area (Å²) in [7, 11) is 1.57. The van der Waals surface area contributed by atoms with E-state index in [1.807, 2.05) is 30.3 Å². The molecule has 0 saturated carbocycles. The molecule has 2 atom stereocenters. The van der Waals surface area contributed by atoms with E-state index in [0.29, 0.717) is 6.61 Å². The fraction of sp³-hybridized carbons (Fsp3) is 0.400. The molecule has 0 spiro atoms. The molecule has 0 aliphatic rings. The van der Waals surface area contributed by atoms with Gasteiger partial charge < -0.3 is 9.84 Å². The highest BCUT2D eigenvalue weighted by atomic mass is 16.5. The number of hydrogen-bond acceptors (Lipinski definition) is 4. The van der Waals surface area contributed by atoms with Crippen molar-refractivity contribution < 1.29 is 9.84 Å². The summed E-state index contributed by atoms with van der Waals surface area (Å²) >= 11 is 0. The zero-order valence-electron chi connectivity index (χ0n) is 8.18. The summed E-state index contributed by atoms with van der Waals surface area (Å²) < 4.78 is 4.93. The fourth-order valence-corrected chi connectivity index (χ4v) is 1.29. The maximum Gasteiger partial charge on any atom is 0.0978 e. The Kier molecular flexibility index (Phi) is 4.55. The van der Waals surface area contributed by atoms with Crippen molar-refractivity contribution in [2.24, 2.45) is 5.84 Å². The minimum Gasteiger partial charge on any atom is -0.387 e. The highest BCUT2D eigenvalue weighted by Gasteiger charge is 2.18. The lowest BCUT2D eigenvalue weighted by molar-refractivity contribution is 0.0700. The van der Waals surface area contributed by atoms with Crippen LogP contribution in [-0.4, -0.2) is 24.9 Å². The predicted molar refractivity (Wildman–Crippen MR) is 54.4 cm³/mol. The molecule has 78 valence electrons. The van der Waals surface area contributed by atoms with E-state index in [-0.39, 0.29) is 6.04 Å². The Morgan fingerprint density at radius 3 is 2.57 bits per heavy atom. The minimum atomic E-state index is -0.652. The van der Waals surface area contributed by atoms with E-state index in [0.717, 1.165) is 5.56 Å². The third-order valence-electron chi connectivity index (χ3n) is 2.08. The van der Waals surface area contributed by atoms with Crippen molar-refractivity contribution >= 4 is 0 Å². The highest BCUT2D eigenvalue weighted by molar-refractivity contribution is 5.18. The Balaban J connectivity index is 2.67. The number of methoxy groups -OCH3 is 1. The molecule has 0 heterocycles. The number of rotatable bonds is 5. The van der Waals surface area contributed by atoms with Crippen LogP contribution in [0, 0.1) is 0 Å². The largest absolute Gasteiger partial charge is 0.387 e. The van der Waals surface area contributed by atoms with Crippen LogP contribution in [0.4, 0.5) is 0 Å². The van der Waals surface area contributed by atoms with Crippen LogP contribution in [-0.2, 0) is 4.74 Å². The molecule has 0 radical (unpaired) electrons. The maximum atomic E-state index is 9.89. The first-order valence-electron chi connectivity index (χ1n) is 4.47. The lowest BCUT2D eigenvalue weighted by atomic mass is 10.0. The lowest BCUT2D eigenvalue weighted by Gasteiger charge is -2.21. The van der Waals surface area contributed by atoms with E-state index in [9.17, 15) is 5.11 Å². The van der Waals surface area contributed by atoms with Crippen LogP contribution in [0.25, 0.3) is 0 Å². The Labute approximate surface area is 83.7 Å². The van der Waals surface area contributed by atoms with Gasteiger partial charge in [0, 0.05) is 7.11 Å². The van der Waals surface area contributed by atoms with Crippen molar-refractivity contribution in [1.29, 1.82) is 0 Å². The van der Waals surface area contributed by atoms with Gasteiger partial charge in [0.25, 0.3) is 0 Å². The van der Waals surface area contributed by atoms with Gasteiger partial charge >= 0.3 is 0 Å². The van der Waals surface area contributed by atoms with Crippen LogP contribution in [0.2, 0.25) is 0 Å². The number of nitrogens with one attached hydrogen (secondary N) is 1. The van der Waals surface area contributed by atoms with Gasteiger partial charge in [-0.15, -0.1) is 0 Å². The Morgan fingerprint density at radius 1 is 1.43 bits per heavy atom. The normalized spacial score (nSPS) is 15.1. The molecule has 0 bridgehead atoms. The summed E-state index contributed by atoms with van der Waals surface area (Å²) in [6.45, 7) is 0.368. The van der Waals surface area contributed by atoms with Gasteiger partial charge in [0.05, 0.1) is 18.8 Å². The maximum absolute atomic E-state index is 9.89. The van der Waals surface area contributed by atoms with Gasteiger partial charge in [-0.3, -0.25) is 11.3 Å². The summed E-state index contributed by atoms with van der Waals surface area (Å²) in [5.74, 6) is 5.31. The quantitative estimate of drug-likeness (QED) is 0.465. The Hall–Kier alpha value is -0.940. The van der Waals surface area contributed by atoms with Crippen LogP contribution >= 0.6 is 0 Å². The zero-order chi connectivity index (χ0) is 10.4. The predicted octanol–water partition coefficient (Wildman–Crippen LogP) is 0.198. The van der Waals surface area contributed by atoms with E-state index in [4.69, 9.17) is 10.6 Å². The molecule has 4 N–H and O–H groups in total. The summed E-state index contributed by atoms with van der Waals surface area (Å²) in [5.41, 5.74) is 3.35. The van der Waals surface area contributed by atoms with Gasteiger partial charge in [-0.25, -0.2) is 0 Å². The van der Waals surface area contributed by atoms with E-state index in [2.05, 4.69) is 5.43 Å². The monoisotopic (exact) mass is 196 g/mol. The van der Waals surface area contributed by atoms with Crippen molar-refractivity contribution in [1.82, 2.24) is 5.43 Å². The Morgan fingerprint density at radius 2 is 2.07 bits per heavy atom. The topological polar surface area (TPSA) is 67.5 Å². The van der Waals surface area contributed by atoms with Gasteiger partial charge in [-0.1, -0.05) is 30.3 Å². The van der Waals surface area contributed by atoms with Crippen LogP contribution in [0.1, 0.15) is 11.7 Å². The van der Waals surface area contributed by atoms with E-state index < -0.39 is 6.10 Å². The first kappa shape index (κ1) is 11.1. The summed E-state index contributed by atoms with van der Waals surface area (Å²) in [6.07, 6.45) is -0.652. The van der Waals surface area contributed by atoms with Gasteiger partial charge in [0.1, 0.15) is 0 Å².